The van der Waals surface area contributed by atoms with Crippen LogP contribution in [0.4, 0.5) is 0 Å². The van der Waals surface area contributed by atoms with Crippen molar-refractivity contribution in [1.82, 2.24) is 9.55 Å². The van der Waals surface area contributed by atoms with Gasteiger partial charge in [0.15, 0.2) is 0 Å². The number of benzene rings is 1. The summed E-state index contributed by atoms with van der Waals surface area (Å²) in [6.45, 7) is 0.925. The Bertz CT molecular complexity index is 624. The Labute approximate surface area is 141 Å². The summed E-state index contributed by atoms with van der Waals surface area (Å²) in [4.78, 5) is 4.57. The highest BCUT2D eigenvalue weighted by Gasteiger charge is 2.19. The molecule has 1 aromatic carbocycles. The van der Waals surface area contributed by atoms with E-state index in [4.69, 9.17) is 34.8 Å². The molecule has 2 heterocycles. The van der Waals surface area contributed by atoms with Crippen molar-refractivity contribution in [3.63, 3.8) is 0 Å². The van der Waals surface area contributed by atoms with Crippen LogP contribution in [-0.2, 0) is 12.4 Å². The summed E-state index contributed by atoms with van der Waals surface area (Å²) in [6, 6.07) is 3.71. The fraction of sp³-hybridized carbons (Fsp3) is 0.462. The lowest BCUT2D eigenvalue weighted by Crippen LogP contribution is -2.21. The average molecular weight is 368 g/mol. The van der Waals surface area contributed by atoms with Crippen molar-refractivity contribution in [2.24, 2.45) is 0 Å². The van der Waals surface area contributed by atoms with Crippen molar-refractivity contribution in [2.45, 2.75) is 17.7 Å². The molecule has 0 bridgehead atoms. The number of fused-ring (bicyclic) bond motifs is 1. The van der Waals surface area contributed by atoms with Crippen LogP contribution in [0.2, 0.25) is 10.0 Å². The maximum atomic E-state index is 6.14. The van der Waals surface area contributed by atoms with Crippen molar-refractivity contribution in [3.05, 3.63) is 28.0 Å². The highest BCUT2D eigenvalue weighted by Crippen LogP contribution is 2.31. The average Bonchev–Trinajstić information content (AvgIpc) is 2.78. The zero-order valence-electron chi connectivity index (χ0n) is 10.6. The van der Waals surface area contributed by atoms with Gasteiger partial charge in [0, 0.05) is 29.1 Å². The lowest BCUT2D eigenvalue weighted by Gasteiger charge is -2.22. The molecule has 108 valence electrons. The molecule has 1 aromatic heterocycles. The molecule has 0 N–H and O–H groups in total. The molecule has 20 heavy (non-hydrogen) atoms. The molecule has 0 spiro atoms. The first-order valence-corrected chi connectivity index (χ1v) is 9.78. The highest BCUT2D eigenvalue weighted by atomic mass is 35.5. The third-order valence-electron chi connectivity index (χ3n) is 3.26. The first-order valence-electron chi connectivity index (χ1n) is 6.28. The lowest BCUT2D eigenvalue weighted by molar-refractivity contribution is 0.687. The van der Waals surface area contributed by atoms with Crippen molar-refractivity contribution >= 4 is 69.4 Å². The number of rotatable bonds is 3. The van der Waals surface area contributed by atoms with Crippen LogP contribution in [0.15, 0.2) is 12.1 Å². The summed E-state index contributed by atoms with van der Waals surface area (Å²) in [5, 5.41) is 1.70. The Morgan fingerprint density at radius 2 is 2.05 bits per heavy atom. The SMILES string of the molecule is ClCc1nc2cc(Cl)c(Cl)cc2n1CC1CSCCS1. The second kappa shape index (κ2) is 6.57. The lowest BCUT2D eigenvalue weighted by atomic mass is 10.3. The van der Waals surface area contributed by atoms with E-state index in [1.54, 1.807) is 0 Å². The van der Waals surface area contributed by atoms with Crippen LogP contribution in [0.1, 0.15) is 5.82 Å². The second-order valence-corrected chi connectivity index (χ2v) is 8.23. The molecule has 7 heteroatoms. The Morgan fingerprint density at radius 3 is 2.75 bits per heavy atom. The van der Waals surface area contributed by atoms with Crippen molar-refractivity contribution in [2.75, 3.05) is 17.3 Å². The molecule has 0 radical (unpaired) electrons. The van der Waals surface area contributed by atoms with Gasteiger partial charge in [0.25, 0.3) is 0 Å². The third kappa shape index (κ3) is 3.05. The van der Waals surface area contributed by atoms with E-state index in [2.05, 4.69) is 9.55 Å². The van der Waals surface area contributed by atoms with E-state index in [0.29, 0.717) is 21.2 Å². The molecule has 1 aliphatic rings. The predicted molar refractivity (Wildman–Crippen MR) is 92.9 cm³/mol. The van der Waals surface area contributed by atoms with Crippen LogP contribution in [0.5, 0.6) is 0 Å². The van der Waals surface area contributed by atoms with Crippen LogP contribution in [0.3, 0.4) is 0 Å². The first-order chi connectivity index (χ1) is 9.69. The van der Waals surface area contributed by atoms with Gasteiger partial charge >= 0.3 is 0 Å². The zero-order chi connectivity index (χ0) is 14.1. The fourth-order valence-electron chi connectivity index (χ4n) is 2.32. The Balaban J connectivity index is 2.00. The number of thioether (sulfide) groups is 2. The largest absolute Gasteiger partial charge is 0.326 e. The normalized spacial score (nSPS) is 19.6. The summed E-state index contributed by atoms with van der Waals surface area (Å²) >= 11 is 22.3. The Morgan fingerprint density at radius 1 is 1.25 bits per heavy atom. The van der Waals surface area contributed by atoms with E-state index in [1.165, 1.54) is 17.3 Å². The van der Waals surface area contributed by atoms with Gasteiger partial charge in [0.1, 0.15) is 5.82 Å². The van der Waals surface area contributed by atoms with E-state index in [0.717, 1.165) is 23.4 Å². The molecule has 2 nitrogen and oxygen atoms in total. The second-order valence-electron chi connectivity index (χ2n) is 4.60. The molecule has 1 unspecified atom stereocenters. The molecule has 1 atom stereocenters. The van der Waals surface area contributed by atoms with Crippen molar-refractivity contribution in [1.29, 1.82) is 0 Å². The van der Waals surface area contributed by atoms with E-state index < -0.39 is 0 Å². The Hall–Kier alpha value is 0.260. The number of nitrogens with zero attached hydrogens (tertiary/aromatic N) is 2. The van der Waals surface area contributed by atoms with Gasteiger partial charge in [0.2, 0.25) is 0 Å². The number of imidazole rings is 1. The number of alkyl halides is 1. The van der Waals surface area contributed by atoms with Crippen LogP contribution in [0.25, 0.3) is 11.0 Å². The van der Waals surface area contributed by atoms with Crippen molar-refractivity contribution < 1.29 is 0 Å². The zero-order valence-corrected chi connectivity index (χ0v) is 14.5. The number of aromatic nitrogens is 2. The molecule has 0 aliphatic carbocycles. The third-order valence-corrected chi connectivity index (χ3v) is 7.05. The van der Waals surface area contributed by atoms with Gasteiger partial charge < -0.3 is 4.57 Å². The maximum Gasteiger partial charge on any atom is 0.124 e. The molecular weight excluding hydrogens is 355 g/mol. The molecular formula is C13H13Cl3N2S2. The van der Waals surface area contributed by atoms with Crippen LogP contribution < -0.4 is 0 Å². The molecule has 3 rings (SSSR count). The topological polar surface area (TPSA) is 17.8 Å². The number of hydrogen-bond acceptors (Lipinski definition) is 3. The molecule has 0 amide bonds. The standard InChI is InChI=1S/C13H13Cl3N2S2/c14-5-13-17-11-3-9(15)10(16)4-12(11)18(13)6-8-7-19-1-2-20-8/h3-4,8H,1-2,5-7H2. The van der Waals surface area contributed by atoms with Gasteiger partial charge in [-0.2, -0.15) is 23.5 Å². The minimum atomic E-state index is 0.397. The minimum Gasteiger partial charge on any atom is -0.326 e. The summed E-state index contributed by atoms with van der Waals surface area (Å²) in [5.41, 5.74) is 1.88. The summed E-state index contributed by atoms with van der Waals surface area (Å²) in [6.07, 6.45) is 0. The fourth-order valence-corrected chi connectivity index (χ4v) is 5.49. The van der Waals surface area contributed by atoms with Crippen LogP contribution in [0, 0.1) is 0 Å². The van der Waals surface area contributed by atoms with E-state index in [-0.39, 0.29) is 0 Å². The first kappa shape index (κ1) is 15.2. The van der Waals surface area contributed by atoms with Crippen LogP contribution in [-0.4, -0.2) is 32.1 Å². The molecule has 2 aromatic rings. The van der Waals surface area contributed by atoms with Crippen LogP contribution >= 0.6 is 58.3 Å². The van der Waals surface area contributed by atoms with Gasteiger partial charge in [-0.15, -0.1) is 11.6 Å². The highest BCUT2D eigenvalue weighted by molar-refractivity contribution is 8.06. The summed E-state index contributed by atoms with van der Waals surface area (Å²) < 4.78 is 2.19. The molecule has 1 fully saturated rings. The van der Waals surface area contributed by atoms with Gasteiger partial charge in [0.05, 0.1) is 27.0 Å². The van der Waals surface area contributed by atoms with Gasteiger partial charge in [-0.25, -0.2) is 4.98 Å². The smallest absolute Gasteiger partial charge is 0.124 e. The quantitative estimate of drug-likeness (QED) is 0.716. The van der Waals surface area contributed by atoms with Gasteiger partial charge in [-0.1, -0.05) is 23.2 Å². The molecule has 1 saturated heterocycles. The summed E-state index contributed by atoms with van der Waals surface area (Å²) in [5.74, 6) is 4.92. The number of hydrogen-bond donors (Lipinski definition) is 0. The van der Waals surface area contributed by atoms with E-state index >= 15 is 0 Å². The van der Waals surface area contributed by atoms with Crippen molar-refractivity contribution in [3.8, 4) is 0 Å². The monoisotopic (exact) mass is 366 g/mol. The van der Waals surface area contributed by atoms with E-state index in [9.17, 15) is 0 Å². The Kier molecular flexibility index (Phi) is 4.98. The molecule has 1 aliphatic heterocycles. The minimum absolute atomic E-state index is 0.397. The number of halogens is 3. The van der Waals surface area contributed by atoms with E-state index in [1.807, 2.05) is 35.7 Å². The van der Waals surface area contributed by atoms with Gasteiger partial charge in [-0.05, 0) is 12.1 Å². The van der Waals surface area contributed by atoms with Gasteiger partial charge in [-0.3, -0.25) is 0 Å². The molecule has 0 saturated carbocycles. The summed E-state index contributed by atoms with van der Waals surface area (Å²) in [7, 11) is 0. The maximum absolute atomic E-state index is 6.14. The predicted octanol–water partition coefficient (Wildman–Crippen LogP) is 4.93.